The first kappa shape index (κ1) is 55.9. The summed E-state index contributed by atoms with van der Waals surface area (Å²) in [6.07, 6.45) is 1.86. The van der Waals surface area contributed by atoms with Crippen molar-refractivity contribution in [1.82, 2.24) is 49.8 Å². The van der Waals surface area contributed by atoms with E-state index in [1.165, 1.54) is 11.6 Å². The number of carbonyl (C=O) groups is 2. The van der Waals surface area contributed by atoms with E-state index in [-0.39, 0.29) is 97.0 Å². The summed E-state index contributed by atoms with van der Waals surface area (Å²) in [6, 6.07) is 26.0. The Morgan fingerprint density at radius 1 is 0.538 bits per heavy atom. The van der Waals surface area contributed by atoms with E-state index >= 15 is 0 Å². The van der Waals surface area contributed by atoms with Gasteiger partial charge in [0.05, 0.1) is 46.6 Å². The van der Waals surface area contributed by atoms with E-state index in [4.69, 9.17) is 10.2 Å². The topological polar surface area (TPSA) is 113 Å². The molecule has 2 amide bonds. The second-order valence-corrected chi connectivity index (χ2v) is 19.0. The van der Waals surface area contributed by atoms with Gasteiger partial charge in [-0.1, -0.05) is 36.4 Å². The van der Waals surface area contributed by atoms with Crippen molar-refractivity contribution in [3.05, 3.63) is 84.2 Å². The molecule has 6 fully saturated rings. The van der Waals surface area contributed by atoms with E-state index in [1.54, 1.807) is 0 Å². The summed E-state index contributed by atoms with van der Waals surface area (Å²) in [5.41, 5.74) is 4.28. The van der Waals surface area contributed by atoms with Crippen LogP contribution in [0.2, 0.25) is 0 Å². The zero-order valence-electron chi connectivity index (χ0n) is 37.1. The molecule has 8 heterocycles. The molecule has 21 heteroatoms. The molecule has 6 saturated heterocycles. The van der Waals surface area contributed by atoms with Crippen LogP contribution < -0.4 is 20.4 Å². The Bertz CT molecular complexity index is 1920. The Kier molecular flexibility index (Phi) is 22.7. The Morgan fingerprint density at radius 3 is 1.25 bits per heavy atom. The number of nitrogens with one attached hydrogen (secondary N) is 2. The van der Waals surface area contributed by atoms with Gasteiger partial charge in [0.15, 0.2) is 0 Å². The average Bonchev–Trinajstić information content (AvgIpc) is 4.16. The molecule has 0 aliphatic carbocycles. The fourth-order valence-electron chi connectivity index (χ4n) is 9.56. The molecule has 65 heavy (non-hydrogen) atoms. The van der Waals surface area contributed by atoms with Crippen LogP contribution in [0.1, 0.15) is 24.2 Å². The first-order chi connectivity index (χ1) is 29.4. The third-order valence-electron chi connectivity index (χ3n) is 12.9. The third kappa shape index (κ3) is 13.4. The smallest absolute Gasteiger partial charge is 0.240 e. The van der Waals surface area contributed by atoms with E-state index in [0.29, 0.717) is 23.9 Å². The molecule has 4 aromatic rings. The van der Waals surface area contributed by atoms with Gasteiger partial charge in [0.25, 0.3) is 0 Å². The number of anilines is 2. The van der Waals surface area contributed by atoms with Crippen LogP contribution in [-0.2, 0) is 9.59 Å². The normalized spacial score (nSPS) is 23.3. The summed E-state index contributed by atoms with van der Waals surface area (Å²) >= 11 is 3.70. The fourth-order valence-corrected chi connectivity index (χ4v) is 11.5. The van der Waals surface area contributed by atoms with E-state index in [9.17, 15) is 9.59 Å². The summed E-state index contributed by atoms with van der Waals surface area (Å²) < 4.78 is 4.12. The summed E-state index contributed by atoms with van der Waals surface area (Å²) in [6.45, 7) is 15.8. The maximum atomic E-state index is 12.7. The van der Waals surface area contributed by atoms with Crippen molar-refractivity contribution in [2.24, 2.45) is 0 Å². The molecule has 0 saturated carbocycles. The summed E-state index contributed by atoms with van der Waals surface area (Å²) in [4.78, 5) is 39.4. The number of aromatic nitrogens is 4. The zero-order valence-corrected chi connectivity index (χ0v) is 47.3. The molecule has 6 aliphatic rings. The van der Waals surface area contributed by atoms with Crippen LogP contribution in [-0.4, -0.2) is 177 Å². The molecule has 2 aromatic heterocycles. The number of piperazine rings is 2. The highest BCUT2D eigenvalue weighted by Crippen LogP contribution is 2.27. The predicted octanol–water partition coefficient (Wildman–Crippen LogP) is 6.02. The Labute approximate surface area is 445 Å². The van der Waals surface area contributed by atoms with Crippen LogP contribution in [0.25, 0.3) is 11.4 Å². The zero-order chi connectivity index (χ0) is 41.0. The van der Waals surface area contributed by atoms with E-state index < -0.39 is 0 Å². The number of amides is 2. The van der Waals surface area contributed by atoms with Gasteiger partial charge in [-0.2, -0.15) is 10.2 Å². The fraction of sp³-hybridized carbons (Fsp3) is 0.545. The molecule has 0 spiro atoms. The number of hydrogen-bond donors (Lipinski definition) is 2. The molecule has 14 nitrogen and oxygen atoms in total. The molecular formula is C44H65Br5N12O2S2. The number of aryl methyl sites for hydroxylation is 2. The van der Waals surface area contributed by atoms with Gasteiger partial charge < -0.3 is 30.2 Å². The lowest BCUT2D eigenvalue weighted by molar-refractivity contribution is -0.132. The van der Waals surface area contributed by atoms with Crippen LogP contribution in [0.15, 0.2) is 72.8 Å². The van der Waals surface area contributed by atoms with Gasteiger partial charge in [-0.25, -0.2) is 9.36 Å². The number of para-hydroxylation sites is 2. The molecule has 0 unspecified atom stereocenters. The lowest BCUT2D eigenvalue weighted by Gasteiger charge is -2.38. The maximum absolute atomic E-state index is 12.7. The van der Waals surface area contributed by atoms with Gasteiger partial charge in [-0.05, 0) is 51.0 Å². The lowest BCUT2D eigenvalue weighted by atomic mass is 10.1. The maximum Gasteiger partial charge on any atom is 0.240 e. The van der Waals surface area contributed by atoms with Crippen LogP contribution in [0, 0.1) is 13.8 Å². The monoisotopic (exact) mass is 1250 g/mol. The number of rotatable bonds is 8. The van der Waals surface area contributed by atoms with Gasteiger partial charge in [-0.3, -0.25) is 19.4 Å². The predicted molar refractivity (Wildman–Crippen MR) is 294 cm³/mol. The van der Waals surface area contributed by atoms with Gasteiger partial charge in [0.1, 0.15) is 11.6 Å². The average molecular weight is 1260 g/mol. The highest BCUT2D eigenvalue weighted by Gasteiger charge is 2.38. The molecule has 0 radical (unpaired) electrons. The number of halogens is 5. The van der Waals surface area contributed by atoms with Crippen molar-refractivity contribution >= 4 is 132 Å². The first-order valence-corrected chi connectivity index (χ1v) is 24.1. The molecule has 0 bridgehead atoms. The van der Waals surface area contributed by atoms with Crippen molar-refractivity contribution in [2.75, 3.05) is 112 Å². The highest BCUT2D eigenvalue weighted by atomic mass is 79.9. The van der Waals surface area contributed by atoms with Crippen molar-refractivity contribution in [1.29, 1.82) is 0 Å². The minimum Gasteiger partial charge on any atom is -0.354 e. The molecular weight excluding hydrogens is 1190 g/mol. The van der Waals surface area contributed by atoms with Gasteiger partial charge in [0, 0.05) is 114 Å². The lowest BCUT2D eigenvalue weighted by Crippen LogP contribution is -2.51. The Hall–Kier alpha value is -1.66. The first-order valence-electron chi connectivity index (χ1n) is 21.8. The second kappa shape index (κ2) is 26.4. The molecule has 2 aromatic carbocycles. The minimum absolute atomic E-state index is 0. The number of hydrogen-bond acceptors (Lipinski definition) is 12. The van der Waals surface area contributed by atoms with Crippen LogP contribution in [0.3, 0.4) is 0 Å². The quantitative estimate of drug-likeness (QED) is 0.215. The molecule has 10 rings (SSSR count). The third-order valence-corrected chi connectivity index (χ3v) is 14.8. The number of benzene rings is 2. The van der Waals surface area contributed by atoms with Crippen LogP contribution >= 0.6 is 108 Å². The van der Waals surface area contributed by atoms with Crippen molar-refractivity contribution < 1.29 is 9.59 Å². The molecule has 6 aliphatic heterocycles. The summed E-state index contributed by atoms with van der Waals surface area (Å²) in [5.74, 6) is 6.78. The van der Waals surface area contributed by atoms with E-state index in [2.05, 4.69) is 114 Å². The summed E-state index contributed by atoms with van der Waals surface area (Å²) in [5, 5.41) is 16.4. The Morgan fingerprint density at radius 2 is 0.908 bits per heavy atom. The van der Waals surface area contributed by atoms with Crippen molar-refractivity contribution in [3.63, 3.8) is 0 Å². The largest absolute Gasteiger partial charge is 0.354 e. The standard InChI is InChI=1S/2C22H30N6OS.5BrH/c2*1-17-13-21(28(24-17)18-5-3-2-4-6-18)26-9-7-25(8-10-26)19-14-20(23-15-19)22(29)27-11-12-30-16-27;;;;;/h2*2-6,13,19-20,23H,7-12,14-16H2,1H3;5*1H/t2*19-,20-;;;;;/m00...../s1. The van der Waals surface area contributed by atoms with Crippen LogP contribution in [0.5, 0.6) is 0 Å². The molecule has 360 valence electrons. The molecule has 2 N–H and O–H groups in total. The number of thioether (sulfide) groups is 2. The van der Waals surface area contributed by atoms with Gasteiger partial charge >= 0.3 is 0 Å². The second-order valence-electron chi connectivity index (χ2n) is 16.8. The van der Waals surface area contributed by atoms with Gasteiger partial charge in [-0.15, -0.1) is 108 Å². The van der Waals surface area contributed by atoms with Crippen molar-refractivity contribution in [3.8, 4) is 11.4 Å². The number of carbonyl (C=O) groups excluding carboxylic acids is 2. The Balaban J connectivity index is 0.000000264. The SMILES string of the molecule is Br.Br.Br.Br.Br.Cc1cc(N2CCN([C@@H]3CN[C@H](C(=O)N4CCSC4)C3)CC2)n(-c2ccccc2)n1.Cc1cc(N2CCN([C@@H]3CN[C@H](C(=O)N4CCSC4)C3)CC2)n(-c2ccccc2)n1. The summed E-state index contributed by atoms with van der Waals surface area (Å²) in [7, 11) is 0. The molecule has 4 atom stereocenters. The van der Waals surface area contributed by atoms with Gasteiger partial charge in [0.2, 0.25) is 11.8 Å². The van der Waals surface area contributed by atoms with Crippen molar-refractivity contribution in [2.45, 2.75) is 50.9 Å². The van der Waals surface area contributed by atoms with Crippen LogP contribution in [0.4, 0.5) is 11.6 Å². The highest BCUT2D eigenvalue weighted by molar-refractivity contribution is 8.93. The minimum atomic E-state index is -0.00566. The van der Waals surface area contributed by atoms with E-state index in [0.717, 1.165) is 137 Å². The number of nitrogens with zero attached hydrogens (tertiary/aromatic N) is 10. The van der Waals surface area contributed by atoms with E-state index in [1.807, 2.05) is 45.5 Å².